The first-order valence-corrected chi connectivity index (χ1v) is 12.1. The molecular weight excluding hydrogens is 492 g/mol. The molecule has 150 valence electrons. The van der Waals surface area contributed by atoms with Gasteiger partial charge in [0.05, 0.1) is 31.9 Å². The van der Waals surface area contributed by atoms with E-state index in [1.165, 1.54) is 28.2 Å². The number of hydrogen-bond acceptors (Lipinski definition) is 7. The largest absolute Gasteiger partial charge is 0.454 e. The molecule has 0 saturated carbocycles. The number of ether oxygens (including phenoxy) is 1. The molecule has 0 bridgehead atoms. The lowest BCUT2D eigenvalue weighted by Gasteiger charge is -2.09. The fourth-order valence-electron chi connectivity index (χ4n) is 2.80. The minimum atomic E-state index is -3.07. The smallest absolute Gasteiger partial charge is 0.331 e. The van der Waals surface area contributed by atoms with Crippen LogP contribution in [-0.2, 0) is 19.4 Å². The van der Waals surface area contributed by atoms with E-state index in [-0.39, 0.29) is 35.1 Å². The number of carbonyl (C=O) groups is 2. The second-order valence-corrected chi connectivity index (χ2v) is 11.3. The number of nitrogens with zero attached hydrogens (tertiary/aromatic N) is 2. The van der Waals surface area contributed by atoms with Gasteiger partial charge in [-0.2, -0.15) is 5.10 Å². The normalized spacial score (nSPS) is 18.6. The number of ketones is 1. The molecule has 0 aliphatic carbocycles. The minimum absolute atomic E-state index is 0.0000180. The van der Waals surface area contributed by atoms with Crippen molar-refractivity contribution in [1.29, 1.82) is 0 Å². The molecule has 1 saturated heterocycles. The topological polar surface area (TPSA) is 95.3 Å². The summed E-state index contributed by atoms with van der Waals surface area (Å²) in [6, 6.07) is 3.09. The second-order valence-electron chi connectivity index (χ2n) is 6.26. The van der Waals surface area contributed by atoms with Gasteiger partial charge < -0.3 is 4.74 Å². The molecule has 28 heavy (non-hydrogen) atoms. The van der Waals surface area contributed by atoms with Crippen LogP contribution in [0.5, 0.6) is 0 Å². The van der Waals surface area contributed by atoms with Gasteiger partial charge >= 0.3 is 5.97 Å². The average Bonchev–Trinajstić information content (AvgIpc) is 3.29. The van der Waals surface area contributed by atoms with Crippen LogP contribution >= 0.6 is 38.9 Å². The molecule has 2 aromatic heterocycles. The van der Waals surface area contributed by atoms with Crippen LogP contribution < -0.4 is 0 Å². The van der Waals surface area contributed by atoms with Crippen molar-refractivity contribution in [3.8, 4) is 0 Å². The first kappa shape index (κ1) is 21.2. The highest BCUT2D eigenvalue weighted by molar-refractivity contribution is 9.11. The van der Waals surface area contributed by atoms with E-state index in [9.17, 15) is 18.0 Å². The van der Waals surface area contributed by atoms with E-state index in [2.05, 4.69) is 21.0 Å². The van der Waals surface area contributed by atoms with Crippen molar-refractivity contribution in [2.45, 2.75) is 19.4 Å². The lowest BCUT2D eigenvalue weighted by molar-refractivity contribution is -0.136. The van der Waals surface area contributed by atoms with Crippen molar-refractivity contribution in [2.24, 2.45) is 0 Å². The number of halogens is 2. The Hall–Kier alpha value is -1.49. The number of aryl methyl sites for hydroxylation is 1. The van der Waals surface area contributed by atoms with Crippen LogP contribution in [0.1, 0.15) is 33.4 Å². The lowest BCUT2D eigenvalue weighted by Crippen LogP contribution is -2.12. The van der Waals surface area contributed by atoms with E-state index in [0.717, 1.165) is 3.79 Å². The fraction of sp³-hybridized carbons (Fsp3) is 0.353. The van der Waals surface area contributed by atoms with Crippen LogP contribution in [0.2, 0.25) is 5.15 Å². The molecule has 1 unspecified atom stereocenters. The van der Waals surface area contributed by atoms with Crippen molar-refractivity contribution >= 4 is 66.5 Å². The predicted molar refractivity (Wildman–Crippen MR) is 111 cm³/mol. The number of hydrogen-bond donors (Lipinski definition) is 0. The molecule has 0 amide bonds. The van der Waals surface area contributed by atoms with Crippen LogP contribution in [0.4, 0.5) is 0 Å². The molecule has 7 nitrogen and oxygen atoms in total. The highest BCUT2D eigenvalue weighted by Crippen LogP contribution is 2.30. The maximum absolute atomic E-state index is 12.0. The number of carbonyl (C=O) groups excluding carboxylic acids is 2. The third-order valence-corrected chi connectivity index (χ3v) is 8.00. The van der Waals surface area contributed by atoms with Gasteiger partial charge in [0.1, 0.15) is 5.15 Å². The van der Waals surface area contributed by atoms with Crippen LogP contribution in [0.25, 0.3) is 6.08 Å². The summed E-state index contributed by atoms with van der Waals surface area (Å²) in [6.07, 6.45) is 3.08. The van der Waals surface area contributed by atoms with Gasteiger partial charge in [0.15, 0.2) is 16.4 Å². The van der Waals surface area contributed by atoms with E-state index in [0.29, 0.717) is 22.6 Å². The highest BCUT2D eigenvalue weighted by atomic mass is 79.9. The van der Waals surface area contributed by atoms with Crippen molar-refractivity contribution in [2.75, 3.05) is 18.1 Å². The molecule has 1 aliphatic rings. The Morgan fingerprint density at radius 1 is 1.46 bits per heavy atom. The van der Waals surface area contributed by atoms with E-state index in [1.54, 1.807) is 19.1 Å². The molecule has 0 aromatic carbocycles. The first-order valence-electron chi connectivity index (χ1n) is 8.24. The average molecular weight is 508 g/mol. The van der Waals surface area contributed by atoms with Gasteiger partial charge in [-0.3, -0.25) is 4.79 Å². The van der Waals surface area contributed by atoms with Gasteiger partial charge in [-0.05, 0) is 47.5 Å². The monoisotopic (exact) mass is 506 g/mol. The zero-order valence-electron chi connectivity index (χ0n) is 14.7. The van der Waals surface area contributed by atoms with Gasteiger partial charge in [-0.1, -0.05) is 11.6 Å². The minimum Gasteiger partial charge on any atom is -0.454 e. The summed E-state index contributed by atoms with van der Waals surface area (Å²) in [5, 5.41) is 4.58. The van der Waals surface area contributed by atoms with Crippen LogP contribution in [0, 0.1) is 6.92 Å². The number of Topliss-reactive ketones (excluding diaryl/α,β-unsaturated/α-hetero) is 1. The Labute approximate surface area is 179 Å². The third-order valence-electron chi connectivity index (χ3n) is 4.20. The molecule has 0 N–H and O–H groups in total. The summed E-state index contributed by atoms with van der Waals surface area (Å²) < 4.78 is 30.6. The Balaban J connectivity index is 1.64. The molecule has 2 aromatic rings. The Kier molecular flexibility index (Phi) is 6.43. The quantitative estimate of drug-likeness (QED) is 0.337. The van der Waals surface area contributed by atoms with Gasteiger partial charge in [0.2, 0.25) is 5.78 Å². The van der Waals surface area contributed by atoms with E-state index >= 15 is 0 Å². The standard InChI is InChI=1S/C17H16BrClN2O5S2/c1-10-12(17(19)21(20-10)11-6-7-28(24,25)9-11)2-5-16(23)26-8-13(22)14-3-4-15(18)27-14/h2-5,11H,6-9H2,1H3/b5-2+. The van der Waals surface area contributed by atoms with Crippen LogP contribution in [-0.4, -0.2) is 48.1 Å². The van der Waals surface area contributed by atoms with Crippen molar-refractivity contribution in [3.63, 3.8) is 0 Å². The number of thiophene rings is 1. The van der Waals surface area contributed by atoms with E-state index in [4.69, 9.17) is 16.3 Å². The van der Waals surface area contributed by atoms with Crippen molar-refractivity contribution in [1.82, 2.24) is 9.78 Å². The molecular formula is C17H16BrClN2O5S2. The zero-order chi connectivity index (χ0) is 20.5. The summed E-state index contributed by atoms with van der Waals surface area (Å²) in [4.78, 5) is 24.4. The third kappa shape index (κ3) is 4.91. The summed E-state index contributed by atoms with van der Waals surface area (Å²) in [6.45, 7) is 1.36. The van der Waals surface area contributed by atoms with Crippen LogP contribution in [0.15, 0.2) is 22.0 Å². The molecule has 11 heteroatoms. The summed E-state index contributed by atoms with van der Waals surface area (Å²) in [7, 11) is -3.07. The van der Waals surface area contributed by atoms with Crippen molar-refractivity contribution < 1.29 is 22.7 Å². The number of aromatic nitrogens is 2. The number of esters is 1. The zero-order valence-corrected chi connectivity index (χ0v) is 18.7. The van der Waals surface area contributed by atoms with Gasteiger partial charge in [-0.15, -0.1) is 11.3 Å². The fourth-order valence-corrected chi connectivity index (χ4v) is 6.18. The summed E-state index contributed by atoms with van der Waals surface area (Å²) in [5.74, 6) is -0.864. The molecule has 1 fully saturated rings. The first-order chi connectivity index (χ1) is 13.2. The molecule has 1 aliphatic heterocycles. The Morgan fingerprint density at radius 2 is 2.21 bits per heavy atom. The SMILES string of the molecule is Cc1nn(C2CCS(=O)(=O)C2)c(Cl)c1/C=C/C(=O)OCC(=O)c1ccc(Br)s1. The van der Waals surface area contributed by atoms with E-state index < -0.39 is 15.8 Å². The number of sulfone groups is 1. The predicted octanol–water partition coefficient (Wildman–Crippen LogP) is 3.47. The number of rotatable bonds is 6. The molecule has 1 atom stereocenters. The van der Waals surface area contributed by atoms with E-state index in [1.807, 2.05) is 0 Å². The highest BCUT2D eigenvalue weighted by Gasteiger charge is 2.31. The van der Waals surface area contributed by atoms with Gasteiger partial charge in [0.25, 0.3) is 0 Å². The molecule has 3 rings (SSSR count). The Bertz CT molecular complexity index is 1060. The Morgan fingerprint density at radius 3 is 2.82 bits per heavy atom. The summed E-state index contributed by atoms with van der Waals surface area (Å²) >= 11 is 10.9. The lowest BCUT2D eigenvalue weighted by atomic mass is 10.2. The van der Waals surface area contributed by atoms with Crippen molar-refractivity contribution in [3.05, 3.63) is 43.3 Å². The maximum Gasteiger partial charge on any atom is 0.331 e. The van der Waals surface area contributed by atoms with Crippen LogP contribution in [0.3, 0.4) is 0 Å². The maximum atomic E-state index is 12.0. The van der Waals surface area contributed by atoms with Gasteiger partial charge in [-0.25, -0.2) is 17.9 Å². The molecule has 0 radical (unpaired) electrons. The second kappa shape index (κ2) is 8.48. The van der Waals surface area contributed by atoms with Gasteiger partial charge in [0, 0.05) is 11.6 Å². The summed E-state index contributed by atoms with van der Waals surface area (Å²) in [5.41, 5.74) is 1.08. The molecule has 0 spiro atoms. The molecule has 3 heterocycles.